The smallest absolute Gasteiger partial charge is 0.273 e. The van der Waals surface area contributed by atoms with Crippen LogP contribution in [0.2, 0.25) is 0 Å². The summed E-state index contributed by atoms with van der Waals surface area (Å²) in [5.41, 5.74) is 7.18. The van der Waals surface area contributed by atoms with Crippen LogP contribution in [0.4, 0.5) is 27.1 Å². The van der Waals surface area contributed by atoms with E-state index in [1.807, 2.05) is 6.92 Å². The van der Waals surface area contributed by atoms with E-state index in [0.29, 0.717) is 5.69 Å². The molecule has 0 bridgehead atoms. The van der Waals surface area contributed by atoms with Crippen LogP contribution in [-0.2, 0) is 0 Å². The molecule has 19 heavy (non-hydrogen) atoms. The first-order valence-electron chi connectivity index (χ1n) is 5.54. The van der Waals surface area contributed by atoms with Gasteiger partial charge in [0.1, 0.15) is 5.82 Å². The summed E-state index contributed by atoms with van der Waals surface area (Å²) in [5, 5.41) is 13.5. The number of nitrogens with zero attached hydrogens (tertiary/aromatic N) is 1. The van der Waals surface area contributed by atoms with Gasteiger partial charge in [-0.15, -0.1) is 0 Å². The first-order chi connectivity index (χ1) is 8.95. The molecular weight excluding hydrogens is 249 g/mol. The van der Waals surface area contributed by atoms with Crippen molar-refractivity contribution in [3.05, 3.63) is 57.9 Å². The van der Waals surface area contributed by atoms with Crippen molar-refractivity contribution >= 4 is 22.7 Å². The average molecular weight is 261 g/mol. The van der Waals surface area contributed by atoms with Crippen molar-refractivity contribution in [2.75, 3.05) is 11.1 Å². The number of nitrogens with two attached hydrogens (primary N) is 1. The Morgan fingerprint density at radius 1 is 1.26 bits per heavy atom. The van der Waals surface area contributed by atoms with Crippen molar-refractivity contribution in [3.63, 3.8) is 0 Å². The number of halogens is 1. The summed E-state index contributed by atoms with van der Waals surface area (Å²) >= 11 is 0. The monoisotopic (exact) mass is 261 g/mol. The highest BCUT2D eigenvalue weighted by atomic mass is 19.1. The number of rotatable bonds is 3. The first-order valence-corrected chi connectivity index (χ1v) is 5.54. The second-order valence-electron chi connectivity index (χ2n) is 4.18. The van der Waals surface area contributed by atoms with Crippen LogP contribution in [0.3, 0.4) is 0 Å². The minimum absolute atomic E-state index is 0.143. The van der Waals surface area contributed by atoms with Crippen molar-refractivity contribution in [3.8, 4) is 0 Å². The third-order valence-electron chi connectivity index (χ3n) is 2.55. The molecule has 0 radical (unpaired) electrons. The van der Waals surface area contributed by atoms with Gasteiger partial charge in [0, 0.05) is 23.5 Å². The van der Waals surface area contributed by atoms with Gasteiger partial charge in [-0.3, -0.25) is 10.1 Å². The Morgan fingerprint density at radius 3 is 2.68 bits per heavy atom. The molecule has 0 aliphatic rings. The maximum absolute atomic E-state index is 13.6. The summed E-state index contributed by atoms with van der Waals surface area (Å²) in [6.07, 6.45) is 0. The number of nitrogens with one attached hydrogen (secondary N) is 1. The summed E-state index contributed by atoms with van der Waals surface area (Å²) in [7, 11) is 0. The lowest BCUT2D eigenvalue weighted by Crippen LogP contribution is -1.98. The topological polar surface area (TPSA) is 81.2 Å². The molecule has 2 aromatic rings. The van der Waals surface area contributed by atoms with Gasteiger partial charge in [-0.05, 0) is 30.7 Å². The van der Waals surface area contributed by atoms with Crippen LogP contribution in [0.5, 0.6) is 0 Å². The summed E-state index contributed by atoms with van der Waals surface area (Å²) < 4.78 is 13.6. The van der Waals surface area contributed by atoms with Gasteiger partial charge < -0.3 is 11.1 Å². The normalized spacial score (nSPS) is 10.2. The molecule has 2 aromatic carbocycles. The zero-order valence-electron chi connectivity index (χ0n) is 10.2. The number of benzene rings is 2. The number of anilines is 3. The minimum Gasteiger partial charge on any atom is -0.398 e. The van der Waals surface area contributed by atoms with Crippen LogP contribution in [0, 0.1) is 22.9 Å². The number of non-ortho nitro benzene ring substituents is 1. The molecule has 5 nitrogen and oxygen atoms in total. The van der Waals surface area contributed by atoms with Gasteiger partial charge in [-0.2, -0.15) is 0 Å². The van der Waals surface area contributed by atoms with E-state index in [2.05, 4.69) is 5.32 Å². The maximum Gasteiger partial charge on any atom is 0.273 e. The van der Waals surface area contributed by atoms with Crippen molar-refractivity contribution < 1.29 is 9.31 Å². The number of aryl methyl sites for hydroxylation is 1. The largest absolute Gasteiger partial charge is 0.398 e. The molecule has 0 heterocycles. The molecule has 98 valence electrons. The van der Waals surface area contributed by atoms with Crippen LogP contribution >= 0.6 is 0 Å². The molecule has 0 aliphatic carbocycles. The molecule has 2 rings (SSSR count). The van der Waals surface area contributed by atoms with E-state index in [4.69, 9.17) is 5.73 Å². The molecule has 0 saturated carbocycles. The number of nitrogen functional groups attached to an aromatic ring is 1. The fraction of sp³-hybridized carbons (Fsp3) is 0.0769. The molecule has 0 spiro atoms. The van der Waals surface area contributed by atoms with Gasteiger partial charge in [-0.25, -0.2) is 4.39 Å². The average Bonchev–Trinajstić information content (AvgIpc) is 2.33. The number of nitro benzene ring substituents is 1. The molecule has 0 unspecified atom stereocenters. The van der Waals surface area contributed by atoms with Crippen molar-refractivity contribution in [1.82, 2.24) is 0 Å². The van der Waals surface area contributed by atoms with Crippen LogP contribution in [0.25, 0.3) is 0 Å². The van der Waals surface area contributed by atoms with E-state index >= 15 is 0 Å². The number of hydrogen-bond acceptors (Lipinski definition) is 4. The Labute approximate surface area is 109 Å². The molecule has 0 aromatic heterocycles. The predicted molar refractivity (Wildman–Crippen MR) is 71.9 cm³/mol. The van der Waals surface area contributed by atoms with Gasteiger partial charge in [0.2, 0.25) is 0 Å². The van der Waals surface area contributed by atoms with E-state index in [-0.39, 0.29) is 17.1 Å². The van der Waals surface area contributed by atoms with Gasteiger partial charge >= 0.3 is 0 Å². The number of hydrogen-bond donors (Lipinski definition) is 2. The molecule has 0 saturated heterocycles. The minimum atomic E-state index is -0.547. The Hall–Kier alpha value is -2.63. The summed E-state index contributed by atoms with van der Waals surface area (Å²) in [5.74, 6) is -0.435. The summed E-state index contributed by atoms with van der Waals surface area (Å²) in [6.45, 7) is 1.83. The highest BCUT2D eigenvalue weighted by Crippen LogP contribution is 2.26. The van der Waals surface area contributed by atoms with Gasteiger partial charge in [-0.1, -0.05) is 6.07 Å². The van der Waals surface area contributed by atoms with Gasteiger partial charge in [0.15, 0.2) is 0 Å². The summed E-state index contributed by atoms with van der Waals surface area (Å²) in [4.78, 5) is 10.2. The Morgan fingerprint density at radius 2 is 2.00 bits per heavy atom. The molecule has 0 aliphatic heterocycles. The fourth-order valence-corrected chi connectivity index (χ4v) is 1.70. The van der Waals surface area contributed by atoms with E-state index in [9.17, 15) is 14.5 Å². The van der Waals surface area contributed by atoms with Crippen molar-refractivity contribution in [1.29, 1.82) is 0 Å². The lowest BCUT2D eigenvalue weighted by Gasteiger charge is -2.09. The maximum atomic E-state index is 13.6. The van der Waals surface area contributed by atoms with Gasteiger partial charge in [0.25, 0.3) is 5.69 Å². The fourth-order valence-electron chi connectivity index (χ4n) is 1.70. The first kappa shape index (κ1) is 12.8. The Kier molecular flexibility index (Phi) is 3.33. The molecule has 0 amide bonds. The zero-order chi connectivity index (χ0) is 14.0. The molecule has 0 fully saturated rings. The third-order valence-corrected chi connectivity index (χ3v) is 2.55. The van der Waals surface area contributed by atoms with Crippen molar-refractivity contribution in [2.45, 2.75) is 6.92 Å². The Balaban J connectivity index is 2.38. The van der Waals surface area contributed by atoms with E-state index < -0.39 is 10.7 Å². The molecule has 3 N–H and O–H groups in total. The molecule has 0 atom stereocenters. The van der Waals surface area contributed by atoms with Crippen LogP contribution in [-0.4, -0.2) is 4.92 Å². The van der Waals surface area contributed by atoms with Crippen LogP contribution in [0.1, 0.15) is 5.56 Å². The highest BCUT2D eigenvalue weighted by molar-refractivity contribution is 5.68. The number of nitro groups is 1. The van der Waals surface area contributed by atoms with E-state index in [1.54, 1.807) is 12.1 Å². The second-order valence-corrected chi connectivity index (χ2v) is 4.18. The van der Waals surface area contributed by atoms with Gasteiger partial charge in [0.05, 0.1) is 10.6 Å². The standard InChI is InChI=1S/C13H12FN3O2/c1-8-2-3-12(14)13(4-8)16-10-5-9(15)6-11(7-10)17(18)19/h2-7,16H,15H2,1H3. The molecule has 6 heteroatoms. The lowest BCUT2D eigenvalue weighted by molar-refractivity contribution is -0.384. The van der Waals surface area contributed by atoms with Crippen LogP contribution < -0.4 is 11.1 Å². The third kappa shape index (κ3) is 2.98. The highest BCUT2D eigenvalue weighted by Gasteiger charge is 2.10. The van der Waals surface area contributed by atoms with Crippen LogP contribution in [0.15, 0.2) is 36.4 Å². The van der Waals surface area contributed by atoms with E-state index in [0.717, 1.165) is 5.56 Å². The van der Waals surface area contributed by atoms with Crippen molar-refractivity contribution in [2.24, 2.45) is 0 Å². The molecular formula is C13H12FN3O2. The zero-order valence-corrected chi connectivity index (χ0v) is 10.2. The Bertz CT molecular complexity index is 644. The lowest BCUT2D eigenvalue weighted by atomic mass is 10.2. The SMILES string of the molecule is Cc1ccc(F)c(Nc2cc(N)cc([N+](=O)[O-])c2)c1. The predicted octanol–water partition coefficient (Wildman–Crippen LogP) is 3.37. The summed E-state index contributed by atoms with van der Waals surface area (Å²) in [6, 6.07) is 8.65. The quantitative estimate of drug-likeness (QED) is 0.504. The van der Waals surface area contributed by atoms with E-state index in [1.165, 1.54) is 24.3 Å². The second kappa shape index (κ2) is 4.93.